The third-order valence-electron chi connectivity index (χ3n) is 7.26. The van der Waals surface area contributed by atoms with Crippen molar-refractivity contribution in [2.45, 2.75) is 129 Å². The van der Waals surface area contributed by atoms with Gasteiger partial charge in [-0.1, -0.05) is 0 Å². The van der Waals surface area contributed by atoms with Crippen LogP contribution in [0.25, 0.3) is 0 Å². The number of fused-ring (bicyclic) bond motifs is 1. The van der Waals surface area contributed by atoms with Crippen LogP contribution in [0.3, 0.4) is 0 Å². The molecule has 2 heterocycles. The molecule has 0 aromatic carbocycles. The first-order valence-electron chi connectivity index (χ1n) is 12.7. The van der Waals surface area contributed by atoms with E-state index >= 15 is 0 Å². The summed E-state index contributed by atoms with van der Waals surface area (Å²) in [6, 6.07) is 0. The van der Waals surface area contributed by atoms with Gasteiger partial charge in [-0.3, -0.25) is 0 Å². The fraction of sp³-hybridized carbons (Fsp3) is 0.917. The number of ether oxygens (including phenoxy) is 3. The van der Waals surface area contributed by atoms with Crippen molar-refractivity contribution < 1.29 is 42.2 Å². The number of ketones is 2. The van der Waals surface area contributed by atoms with Crippen molar-refractivity contribution in [1.29, 1.82) is 0 Å². The van der Waals surface area contributed by atoms with Gasteiger partial charge in [0.2, 0.25) is 0 Å². The van der Waals surface area contributed by atoms with Crippen LogP contribution in [0.15, 0.2) is 0 Å². The first-order valence-corrected chi connectivity index (χ1v) is 19.9. The van der Waals surface area contributed by atoms with Gasteiger partial charge in [-0.05, 0) is 0 Å². The Morgan fingerprint density at radius 2 is 1.44 bits per heavy atom. The van der Waals surface area contributed by atoms with E-state index in [-0.39, 0.29) is 6.61 Å². The Morgan fingerprint density at radius 1 is 0.941 bits per heavy atom. The van der Waals surface area contributed by atoms with Crippen molar-refractivity contribution in [2.24, 2.45) is 0 Å². The summed E-state index contributed by atoms with van der Waals surface area (Å²) in [5.41, 5.74) is -5.86. The van der Waals surface area contributed by atoms with E-state index in [0.717, 1.165) is 65.7 Å². The van der Waals surface area contributed by atoms with E-state index in [2.05, 4.69) is 20.8 Å². The van der Waals surface area contributed by atoms with E-state index in [0.29, 0.717) is 0 Å². The molecular formula is C24H44O9Sn. The Bertz CT molecular complexity index is 697. The molecule has 6 atom stereocenters. The predicted octanol–water partition coefficient (Wildman–Crippen LogP) is 2.80. The average Bonchev–Trinajstić information content (AvgIpc) is 2.78. The van der Waals surface area contributed by atoms with Crippen molar-refractivity contribution in [3.8, 4) is 0 Å². The molecule has 0 amide bonds. The van der Waals surface area contributed by atoms with Crippen LogP contribution in [0.5, 0.6) is 0 Å². The Hall–Kier alpha value is -0.141. The van der Waals surface area contributed by atoms with Gasteiger partial charge in [0.05, 0.1) is 0 Å². The zero-order valence-electron chi connectivity index (χ0n) is 21.6. The molecule has 2 saturated heterocycles. The zero-order chi connectivity index (χ0) is 25.8. The van der Waals surface area contributed by atoms with Gasteiger partial charge in [-0.25, -0.2) is 0 Å². The average molecular weight is 595 g/mol. The number of carbonyl (C=O) groups excluding carboxylic acids is 2. The van der Waals surface area contributed by atoms with E-state index in [1.807, 2.05) is 0 Å². The summed E-state index contributed by atoms with van der Waals surface area (Å²) >= 11 is -3.77. The number of rotatable bonds is 13. The fourth-order valence-corrected chi connectivity index (χ4v) is 19.0. The summed E-state index contributed by atoms with van der Waals surface area (Å²) < 4.78 is 25.8. The van der Waals surface area contributed by atoms with Crippen molar-refractivity contribution in [2.75, 3.05) is 6.61 Å². The van der Waals surface area contributed by atoms with Crippen LogP contribution < -0.4 is 0 Å². The van der Waals surface area contributed by atoms with E-state index in [1.54, 1.807) is 6.92 Å². The molecule has 0 radical (unpaired) electrons. The molecule has 0 spiro atoms. The van der Waals surface area contributed by atoms with Crippen LogP contribution >= 0.6 is 0 Å². The van der Waals surface area contributed by atoms with Gasteiger partial charge in [-0.2, -0.15) is 0 Å². The van der Waals surface area contributed by atoms with Crippen LogP contribution in [-0.2, 0) is 26.9 Å². The normalized spacial score (nSPS) is 36.2. The maximum atomic E-state index is 13.0. The zero-order valence-corrected chi connectivity index (χ0v) is 24.4. The third-order valence-corrected chi connectivity index (χ3v) is 20.1. The fourth-order valence-electron chi connectivity index (χ4n) is 5.21. The molecule has 0 bridgehead atoms. The summed E-state index contributed by atoms with van der Waals surface area (Å²) in [5, 5.41) is 35.4. The van der Waals surface area contributed by atoms with Crippen LogP contribution in [-0.4, -0.2) is 88.0 Å². The first-order chi connectivity index (χ1) is 15.9. The molecule has 2 unspecified atom stereocenters. The van der Waals surface area contributed by atoms with Gasteiger partial charge in [0, 0.05) is 0 Å². The predicted molar refractivity (Wildman–Crippen MR) is 127 cm³/mol. The summed E-state index contributed by atoms with van der Waals surface area (Å²) in [6.45, 7) is 9.75. The number of Topliss-reactive ketones (excluding diaryl/α,β-unsaturated/α-hetero) is 2. The molecule has 198 valence electrons. The Kier molecular flexibility index (Phi) is 10.6. The second-order valence-electron chi connectivity index (χ2n) is 9.88. The van der Waals surface area contributed by atoms with E-state index in [1.165, 1.54) is 0 Å². The molecule has 10 heteroatoms. The Balaban J connectivity index is 2.66. The number of unbranched alkanes of at least 4 members (excludes halogenated alkanes) is 3. The van der Waals surface area contributed by atoms with Crippen LogP contribution in [0.1, 0.15) is 80.1 Å². The summed E-state index contributed by atoms with van der Waals surface area (Å²) in [7, 11) is 0. The molecule has 34 heavy (non-hydrogen) atoms. The molecule has 2 rings (SSSR count). The van der Waals surface area contributed by atoms with Gasteiger partial charge in [0.1, 0.15) is 0 Å². The topological polar surface area (TPSA) is 132 Å². The van der Waals surface area contributed by atoms with Gasteiger partial charge >= 0.3 is 208 Å². The second-order valence-corrected chi connectivity index (χ2v) is 21.5. The van der Waals surface area contributed by atoms with E-state index in [9.17, 15) is 24.9 Å². The number of aliphatic hydroxyl groups is 3. The SMILES string of the molecule is CCC[CH2][Sn]([CH2]CCC)([CH2]CCC)[O]C1(O)O[C@@H]2COC(C)O[C@H]2[C@@](O)(C(C)=O)[C@]1(O)C(C)=O. The molecular weight excluding hydrogens is 551 g/mol. The first kappa shape index (κ1) is 30.1. The minimum absolute atomic E-state index is 0.109. The van der Waals surface area contributed by atoms with Crippen LogP contribution in [0.4, 0.5) is 0 Å². The Labute approximate surface area is 207 Å². The summed E-state index contributed by atoms with van der Waals surface area (Å²) in [4.78, 5) is 25.9. The van der Waals surface area contributed by atoms with E-state index in [4.69, 9.17) is 17.3 Å². The second kappa shape index (κ2) is 11.9. The van der Waals surface area contributed by atoms with Gasteiger partial charge in [0.15, 0.2) is 0 Å². The van der Waals surface area contributed by atoms with Gasteiger partial charge < -0.3 is 0 Å². The molecule has 0 saturated carbocycles. The molecule has 2 aliphatic rings. The summed E-state index contributed by atoms with van der Waals surface area (Å²) in [5.74, 6) is -4.86. The standard InChI is InChI=1S/C12H17O9.3C4H9.Sn/c1-5(13)10(15)9-8(4-19-7(3)20-9)21-12(17,18)11(10,16)6(2)14;3*1-3-4-2;/h7-9,15-17H,4H2,1-3H3;3*1,3-4H2,2H3;/q-1;;;;+1/t7?,8-,9-,10+,11-,12?;;;;/m1..../s1. The molecule has 0 aromatic rings. The maximum absolute atomic E-state index is 13.0. The van der Waals surface area contributed by atoms with Crippen molar-refractivity contribution >= 4 is 30.4 Å². The molecule has 9 nitrogen and oxygen atoms in total. The van der Waals surface area contributed by atoms with Gasteiger partial charge in [0.25, 0.3) is 0 Å². The quantitative estimate of drug-likeness (QED) is 0.217. The Morgan fingerprint density at radius 3 is 1.85 bits per heavy atom. The summed E-state index contributed by atoms with van der Waals surface area (Å²) in [6.07, 6.45) is 2.08. The number of hydrogen-bond acceptors (Lipinski definition) is 9. The monoisotopic (exact) mass is 596 g/mol. The van der Waals surface area contributed by atoms with E-state index < -0.39 is 66.0 Å². The molecule has 2 aliphatic heterocycles. The van der Waals surface area contributed by atoms with Crippen molar-refractivity contribution in [3.05, 3.63) is 0 Å². The molecule has 0 aromatic heterocycles. The van der Waals surface area contributed by atoms with Crippen molar-refractivity contribution in [1.82, 2.24) is 0 Å². The van der Waals surface area contributed by atoms with Crippen LogP contribution in [0, 0.1) is 0 Å². The van der Waals surface area contributed by atoms with Gasteiger partial charge in [-0.15, -0.1) is 0 Å². The molecule has 3 N–H and O–H groups in total. The minimum atomic E-state index is -3.77. The van der Waals surface area contributed by atoms with Crippen molar-refractivity contribution in [3.63, 3.8) is 0 Å². The number of hydrogen-bond donors (Lipinski definition) is 3. The third kappa shape index (κ3) is 5.41. The van der Waals surface area contributed by atoms with Crippen LogP contribution in [0.2, 0.25) is 13.3 Å². The molecule has 2 fully saturated rings. The molecule has 0 aliphatic carbocycles. The number of carbonyl (C=O) groups is 2.